The Morgan fingerprint density at radius 2 is 2.00 bits per heavy atom. The SMILES string of the molecule is CC(=O)c1ccc(-c2ncc(Br)s2)cc1. The summed E-state index contributed by atoms with van der Waals surface area (Å²) in [6.45, 7) is 1.56. The summed E-state index contributed by atoms with van der Waals surface area (Å²) in [7, 11) is 0. The number of thiazole rings is 1. The quantitative estimate of drug-likeness (QED) is 0.785. The fourth-order valence-corrected chi connectivity index (χ4v) is 2.45. The Labute approximate surface area is 100 Å². The molecule has 2 rings (SSSR count). The highest BCUT2D eigenvalue weighted by molar-refractivity contribution is 9.11. The summed E-state index contributed by atoms with van der Waals surface area (Å²) in [5, 5.41) is 0.956. The van der Waals surface area contributed by atoms with Crippen molar-refractivity contribution in [1.29, 1.82) is 0 Å². The van der Waals surface area contributed by atoms with Crippen molar-refractivity contribution in [2.45, 2.75) is 6.92 Å². The van der Waals surface area contributed by atoms with Gasteiger partial charge in [-0.15, -0.1) is 11.3 Å². The third-order valence-corrected chi connectivity index (χ3v) is 3.54. The molecule has 0 aliphatic rings. The van der Waals surface area contributed by atoms with Crippen molar-refractivity contribution >= 4 is 33.0 Å². The summed E-state index contributed by atoms with van der Waals surface area (Å²) in [6.07, 6.45) is 1.78. The molecule has 0 aliphatic carbocycles. The number of Topliss-reactive ketones (excluding diaryl/α,β-unsaturated/α-hetero) is 1. The van der Waals surface area contributed by atoms with Gasteiger partial charge in [0.1, 0.15) is 5.01 Å². The monoisotopic (exact) mass is 281 g/mol. The first kappa shape index (κ1) is 10.5. The third-order valence-electron chi connectivity index (χ3n) is 2.02. The maximum atomic E-state index is 11.1. The second-order valence-electron chi connectivity index (χ2n) is 3.10. The van der Waals surface area contributed by atoms with Gasteiger partial charge in [0, 0.05) is 11.1 Å². The van der Waals surface area contributed by atoms with Gasteiger partial charge in [0.15, 0.2) is 5.78 Å². The van der Waals surface area contributed by atoms with E-state index in [1.54, 1.807) is 24.5 Å². The lowest BCUT2D eigenvalue weighted by atomic mass is 10.1. The zero-order valence-electron chi connectivity index (χ0n) is 8.03. The van der Waals surface area contributed by atoms with Crippen LogP contribution in [0.25, 0.3) is 10.6 Å². The number of carbonyl (C=O) groups is 1. The second-order valence-corrected chi connectivity index (χ2v) is 5.51. The van der Waals surface area contributed by atoms with E-state index in [4.69, 9.17) is 0 Å². The molecule has 1 aromatic carbocycles. The number of hydrogen-bond donors (Lipinski definition) is 0. The summed E-state index contributed by atoms with van der Waals surface area (Å²) < 4.78 is 1.01. The normalized spacial score (nSPS) is 10.3. The molecule has 0 aliphatic heterocycles. The highest BCUT2D eigenvalue weighted by Gasteiger charge is 2.04. The van der Waals surface area contributed by atoms with E-state index in [1.807, 2.05) is 24.3 Å². The number of ketones is 1. The maximum Gasteiger partial charge on any atom is 0.159 e. The van der Waals surface area contributed by atoms with Crippen molar-refractivity contribution in [2.75, 3.05) is 0 Å². The van der Waals surface area contributed by atoms with E-state index >= 15 is 0 Å². The van der Waals surface area contributed by atoms with Gasteiger partial charge in [-0.05, 0) is 22.9 Å². The molecular weight excluding hydrogens is 274 g/mol. The van der Waals surface area contributed by atoms with Crippen LogP contribution in [-0.4, -0.2) is 10.8 Å². The first-order valence-electron chi connectivity index (χ1n) is 4.39. The molecule has 0 fully saturated rings. The molecular formula is C11H8BrNOS. The highest BCUT2D eigenvalue weighted by Crippen LogP contribution is 2.28. The molecule has 4 heteroatoms. The lowest BCUT2D eigenvalue weighted by Gasteiger charge is -1.97. The molecule has 1 aromatic heterocycles. The zero-order chi connectivity index (χ0) is 10.8. The predicted molar refractivity (Wildman–Crippen MR) is 65.3 cm³/mol. The number of benzene rings is 1. The van der Waals surface area contributed by atoms with Gasteiger partial charge in [0.25, 0.3) is 0 Å². The van der Waals surface area contributed by atoms with Crippen LogP contribution in [0.5, 0.6) is 0 Å². The Morgan fingerprint density at radius 1 is 1.33 bits per heavy atom. The Morgan fingerprint density at radius 3 is 2.47 bits per heavy atom. The zero-order valence-corrected chi connectivity index (χ0v) is 10.4. The van der Waals surface area contributed by atoms with Crippen molar-refractivity contribution in [3.63, 3.8) is 0 Å². The number of halogens is 1. The van der Waals surface area contributed by atoms with Crippen LogP contribution in [0.2, 0.25) is 0 Å². The Kier molecular flexibility index (Phi) is 2.98. The molecule has 76 valence electrons. The van der Waals surface area contributed by atoms with Crippen LogP contribution in [0.3, 0.4) is 0 Å². The summed E-state index contributed by atoms with van der Waals surface area (Å²) in [5.41, 5.74) is 1.77. The van der Waals surface area contributed by atoms with E-state index in [2.05, 4.69) is 20.9 Å². The number of aromatic nitrogens is 1. The number of rotatable bonds is 2. The van der Waals surface area contributed by atoms with Gasteiger partial charge in [0.05, 0.1) is 9.98 Å². The Bertz CT molecular complexity index is 490. The Hall–Kier alpha value is -1.00. The van der Waals surface area contributed by atoms with Crippen LogP contribution < -0.4 is 0 Å². The van der Waals surface area contributed by atoms with Gasteiger partial charge >= 0.3 is 0 Å². The summed E-state index contributed by atoms with van der Waals surface area (Å²) >= 11 is 4.94. The van der Waals surface area contributed by atoms with Gasteiger partial charge in [-0.1, -0.05) is 24.3 Å². The average Bonchev–Trinajstić information content (AvgIpc) is 2.65. The van der Waals surface area contributed by atoms with Crippen LogP contribution in [0.1, 0.15) is 17.3 Å². The number of hydrogen-bond acceptors (Lipinski definition) is 3. The molecule has 0 unspecified atom stereocenters. The Balaban J connectivity index is 2.35. The van der Waals surface area contributed by atoms with Gasteiger partial charge < -0.3 is 0 Å². The first-order valence-corrected chi connectivity index (χ1v) is 6.00. The number of nitrogens with zero attached hydrogens (tertiary/aromatic N) is 1. The molecule has 0 amide bonds. The van der Waals surface area contributed by atoms with E-state index in [9.17, 15) is 4.79 Å². The largest absolute Gasteiger partial charge is 0.295 e. The molecule has 2 aromatic rings. The van der Waals surface area contributed by atoms with Crippen molar-refractivity contribution in [3.8, 4) is 10.6 Å². The molecule has 0 atom stereocenters. The molecule has 15 heavy (non-hydrogen) atoms. The lowest BCUT2D eigenvalue weighted by Crippen LogP contribution is -1.90. The molecule has 0 saturated carbocycles. The van der Waals surface area contributed by atoms with Crippen LogP contribution in [0, 0.1) is 0 Å². The minimum Gasteiger partial charge on any atom is -0.295 e. The second kappa shape index (κ2) is 4.24. The third kappa shape index (κ3) is 2.33. The molecule has 0 radical (unpaired) electrons. The van der Waals surface area contributed by atoms with E-state index in [0.717, 1.165) is 19.9 Å². The fraction of sp³-hybridized carbons (Fsp3) is 0.0909. The lowest BCUT2D eigenvalue weighted by molar-refractivity contribution is 0.101. The smallest absolute Gasteiger partial charge is 0.159 e. The fourth-order valence-electron chi connectivity index (χ4n) is 1.24. The van der Waals surface area contributed by atoms with Crippen molar-refractivity contribution < 1.29 is 4.79 Å². The molecule has 0 N–H and O–H groups in total. The topological polar surface area (TPSA) is 30.0 Å². The van der Waals surface area contributed by atoms with E-state index in [0.29, 0.717) is 0 Å². The van der Waals surface area contributed by atoms with E-state index < -0.39 is 0 Å². The summed E-state index contributed by atoms with van der Waals surface area (Å²) in [6, 6.07) is 7.49. The number of carbonyl (C=O) groups excluding carboxylic acids is 1. The van der Waals surface area contributed by atoms with Gasteiger partial charge in [0.2, 0.25) is 0 Å². The van der Waals surface area contributed by atoms with Crippen LogP contribution in [0.4, 0.5) is 0 Å². The van der Waals surface area contributed by atoms with Crippen LogP contribution in [0.15, 0.2) is 34.2 Å². The predicted octanol–water partition coefficient (Wildman–Crippen LogP) is 3.78. The maximum absolute atomic E-state index is 11.1. The van der Waals surface area contributed by atoms with Crippen molar-refractivity contribution in [1.82, 2.24) is 4.98 Å². The van der Waals surface area contributed by atoms with Gasteiger partial charge in [-0.25, -0.2) is 4.98 Å². The van der Waals surface area contributed by atoms with Crippen LogP contribution in [-0.2, 0) is 0 Å². The average molecular weight is 282 g/mol. The summed E-state index contributed by atoms with van der Waals surface area (Å²) in [4.78, 5) is 15.3. The molecule has 1 heterocycles. The van der Waals surface area contributed by atoms with Crippen molar-refractivity contribution in [3.05, 3.63) is 39.8 Å². The van der Waals surface area contributed by atoms with E-state index in [1.165, 1.54) is 0 Å². The minimum absolute atomic E-state index is 0.0851. The van der Waals surface area contributed by atoms with E-state index in [-0.39, 0.29) is 5.78 Å². The van der Waals surface area contributed by atoms with Gasteiger partial charge in [-0.3, -0.25) is 4.79 Å². The first-order chi connectivity index (χ1) is 7.16. The standard InChI is InChI=1S/C11H8BrNOS/c1-7(14)8-2-4-9(5-3-8)11-13-6-10(12)15-11/h2-6H,1H3. The van der Waals surface area contributed by atoms with Crippen LogP contribution >= 0.6 is 27.3 Å². The highest BCUT2D eigenvalue weighted by atomic mass is 79.9. The molecule has 0 saturated heterocycles. The molecule has 0 bridgehead atoms. The van der Waals surface area contributed by atoms with Gasteiger partial charge in [-0.2, -0.15) is 0 Å². The van der Waals surface area contributed by atoms with Crippen molar-refractivity contribution in [2.24, 2.45) is 0 Å². The molecule has 0 spiro atoms. The minimum atomic E-state index is 0.0851. The molecule has 2 nitrogen and oxygen atoms in total. The summed E-state index contributed by atoms with van der Waals surface area (Å²) in [5.74, 6) is 0.0851.